The Labute approximate surface area is 181 Å². The van der Waals surface area contributed by atoms with Crippen LogP contribution < -0.4 is 10.2 Å². The van der Waals surface area contributed by atoms with Gasteiger partial charge < -0.3 is 5.32 Å². The Bertz CT molecular complexity index is 1170. The number of Topliss-reactive ketones (excluding diaryl/α,β-unsaturated/α-hetero) is 1. The lowest BCUT2D eigenvalue weighted by molar-refractivity contribution is -0.117. The van der Waals surface area contributed by atoms with Crippen LogP contribution in [-0.4, -0.2) is 16.7 Å². The number of carbonyl (C=O) groups excluding carboxylic acids is 2. The second-order valence-corrected chi connectivity index (χ2v) is 8.05. The molecule has 1 N–H and O–H groups in total. The van der Waals surface area contributed by atoms with E-state index in [1.807, 2.05) is 54.6 Å². The molecule has 5 heteroatoms. The van der Waals surface area contributed by atoms with Crippen molar-refractivity contribution in [3.8, 4) is 0 Å². The number of allylic oxidation sites excluding steroid dienone is 1. The number of para-hydroxylation sites is 2. The lowest BCUT2D eigenvalue weighted by Crippen LogP contribution is -2.37. The number of aromatic nitrogens is 1. The molecule has 0 spiro atoms. The molecule has 0 saturated carbocycles. The fourth-order valence-corrected chi connectivity index (χ4v) is 4.75. The summed E-state index contributed by atoms with van der Waals surface area (Å²) in [4.78, 5) is 32.5. The number of nitrogens with zero attached hydrogens (tertiary/aromatic N) is 2. The van der Waals surface area contributed by atoms with Gasteiger partial charge in [-0.3, -0.25) is 19.5 Å². The van der Waals surface area contributed by atoms with E-state index in [1.54, 1.807) is 24.2 Å². The Morgan fingerprint density at radius 1 is 0.968 bits per heavy atom. The Balaban J connectivity index is 1.71. The van der Waals surface area contributed by atoms with Crippen molar-refractivity contribution in [2.75, 3.05) is 10.2 Å². The third-order valence-electron chi connectivity index (χ3n) is 6.10. The molecule has 5 rings (SSSR count). The molecule has 0 fully saturated rings. The number of amides is 1. The smallest absolute Gasteiger partial charge is 0.224 e. The third-order valence-corrected chi connectivity index (χ3v) is 6.10. The van der Waals surface area contributed by atoms with Gasteiger partial charge in [-0.1, -0.05) is 48.5 Å². The number of rotatable bonds is 2. The SMILES string of the molecule is CC(=O)N1c2ccccc2NC2=C(C(=O)C[C@H](c3ccccc3)C2)[C@@H]1c1cccnc1. The maximum absolute atomic E-state index is 13.6. The first-order valence-corrected chi connectivity index (χ1v) is 10.5. The van der Waals surface area contributed by atoms with Crippen LogP contribution in [0.2, 0.25) is 0 Å². The van der Waals surface area contributed by atoms with E-state index in [1.165, 1.54) is 0 Å². The second kappa shape index (κ2) is 7.84. The molecule has 0 unspecified atom stereocenters. The standard InChI is InChI=1S/C26H23N3O2/c1-17(30)29-23-12-6-5-11-21(23)28-22-14-20(18-8-3-2-4-9-18)15-24(31)25(22)26(29)19-10-7-13-27-16-19/h2-13,16,20,26,28H,14-15H2,1H3/t20-,26+/m1/s1. The lowest BCUT2D eigenvalue weighted by atomic mass is 9.78. The van der Waals surface area contributed by atoms with Crippen LogP contribution in [0.15, 0.2) is 90.4 Å². The van der Waals surface area contributed by atoms with E-state index in [4.69, 9.17) is 0 Å². The van der Waals surface area contributed by atoms with Crippen molar-refractivity contribution in [1.82, 2.24) is 4.98 Å². The van der Waals surface area contributed by atoms with Crippen molar-refractivity contribution in [3.05, 3.63) is 102 Å². The van der Waals surface area contributed by atoms with Gasteiger partial charge in [0.05, 0.1) is 17.4 Å². The number of fused-ring (bicyclic) bond motifs is 1. The molecule has 2 aliphatic rings. The zero-order chi connectivity index (χ0) is 21.4. The molecule has 31 heavy (non-hydrogen) atoms. The summed E-state index contributed by atoms with van der Waals surface area (Å²) in [5.74, 6) is 0.0517. The van der Waals surface area contributed by atoms with E-state index in [2.05, 4.69) is 22.4 Å². The van der Waals surface area contributed by atoms with Crippen molar-refractivity contribution in [2.24, 2.45) is 0 Å². The average molecular weight is 409 g/mol. The summed E-state index contributed by atoms with van der Waals surface area (Å²) in [6.07, 6.45) is 4.58. The van der Waals surface area contributed by atoms with E-state index in [0.717, 1.165) is 28.2 Å². The van der Waals surface area contributed by atoms with Gasteiger partial charge in [0.1, 0.15) is 0 Å². The van der Waals surface area contributed by atoms with Crippen LogP contribution in [0.25, 0.3) is 0 Å². The topological polar surface area (TPSA) is 62.3 Å². The molecule has 3 aromatic rings. The van der Waals surface area contributed by atoms with E-state index in [-0.39, 0.29) is 17.6 Å². The number of pyridine rings is 1. The predicted molar refractivity (Wildman–Crippen MR) is 121 cm³/mol. The molecule has 0 saturated heterocycles. The number of carbonyl (C=O) groups is 2. The molecule has 0 radical (unpaired) electrons. The minimum absolute atomic E-state index is 0.0653. The van der Waals surface area contributed by atoms with Gasteiger partial charge >= 0.3 is 0 Å². The van der Waals surface area contributed by atoms with Crippen LogP contribution in [0.1, 0.15) is 42.9 Å². The average Bonchev–Trinajstić information content (AvgIpc) is 2.95. The molecule has 1 aliphatic heterocycles. The molecule has 2 aromatic carbocycles. The quantitative estimate of drug-likeness (QED) is 0.647. The van der Waals surface area contributed by atoms with Gasteiger partial charge in [-0.2, -0.15) is 0 Å². The first-order chi connectivity index (χ1) is 15.1. The normalized spacial score (nSPS) is 20.4. The number of anilines is 2. The highest BCUT2D eigenvalue weighted by atomic mass is 16.2. The Kier molecular flexibility index (Phi) is 4.86. The van der Waals surface area contributed by atoms with E-state index >= 15 is 0 Å². The maximum atomic E-state index is 13.6. The van der Waals surface area contributed by atoms with Crippen molar-refractivity contribution < 1.29 is 9.59 Å². The molecule has 1 aliphatic carbocycles. The zero-order valence-electron chi connectivity index (χ0n) is 17.3. The molecule has 5 nitrogen and oxygen atoms in total. The van der Waals surface area contributed by atoms with Crippen LogP contribution in [0.3, 0.4) is 0 Å². The summed E-state index contributed by atoms with van der Waals surface area (Å²) in [7, 11) is 0. The fourth-order valence-electron chi connectivity index (χ4n) is 4.75. The van der Waals surface area contributed by atoms with Crippen LogP contribution >= 0.6 is 0 Å². The predicted octanol–water partition coefficient (Wildman–Crippen LogP) is 5.00. The molecule has 1 aromatic heterocycles. The lowest BCUT2D eigenvalue weighted by Gasteiger charge is -2.34. The maximum Gasteiger partial charge on any atom is 0.224 e. The summed E-state index contributed by atoms with van der Waals surface area (Å²) < 4.78 is 0. The fraction of sp³-hybridized carbons (Fsp3) is 0.192. The summed E-state index contributed by atoms with van der Waals surface area (Å²) in [5, 5.41) is 3.52. The number of benzene rings is 2. The number of hydrogen-bond acceptors (Lipinski definition) is 4. The van der Waals surface area contributed by atoms with Gasteiger partial charge in [-0.15, -0.1) is 0 Å². The minimum atomic E-state index is -0.512. The molecule has 2 heterocycles. The van der Waals surface area contributed by atoms with E-state index < -0.39 is 6.04 Å². The second-order valence-electron chi connectivity index (χ2n) is 8.05. The molecule has 1 amide bonds. The molecule has 154 valence electrons. The van der Waals surface area contributed by atoms with Crippen molar-refractivity contribution in [2.45, 2.75) is 31.7 Å². The van der Waals surface area contributed by atoms with Gasteiger partial charge in [0.15, 0.2) is 5.78 Å². The highest BCUT2D eigenvalue weighted by Crippen LogP contribution is 2.47. The molecular formula is C26H23N3O2. The summed E-state index contributed by atoms with van der Waals surface area (Å²) in [5.41, 5.74) is 5.13. The highest BCUT2D eigenvalue weighted by Gasteiger charge is 2.40. The van der Waals surface area contributed by atoms with Gasteiger partial charge in [0, 0.05) is 37.0 Å². The summed E-state index contributed by atoms with van der Waals surface area (Å²) >= 11 is 0. The Morgan fingerprint density at radius 3 is 2.45 bits per heavy atom. The van der Waals surface area contributed by atoms with E-state index in [9.17, 15) is 9.59 Å². The van der Waals surface area contributed by atoms with Crippen LogP contribution in [-0.2, 0) is 9.59 Å². The first-order valence-electron chi connectivity index (χ1n) is 10.5. The number of nitrogens with one attached hydrogen (secondary N) is 1. The summed E-state index contributed by atoms with van der Waals surface area (Å²) in [6.45, 7) is 1.55. The molecular weight excluding hydrogens is 386 g/mol. The number of hydrogen-bond donors (Lipinski definition) is 1. The molecule has 0 bridgehead atoms. The number of ketones is 1. The van der Waals surface area contributed by atoms with Crippen LogP contribution in [0.4, 0.5) is 11.4 Å². The Hall–Kier alpha value is -3.73. The summed E-state index contributed by atoms with van der Waals surface area (Å²) in [6, 6.07) is 21.2. The Morgan fingerprint density at radius 2 is 1.71 bits per heavy atom. The van der Waals surface area contributed by atoms with Gasteiger partial charge in [-0.25, -0.2) is 0 Å². The largest absolute Gasteiger partial charge is 0.357 e. The van der Waals surface area contributed by atoms with Crippen LogP contribution in [0, 0.1) is 0 Å². The monoisotopic (exact) mass is 409 g/mol. The van der Waals surface area contributed by atoms with Crippen molar-refractivity contribution in [3.63, 3.8) is 0 Å². The van der Waals surface area contributed by atoms with Gasteiger partial charge in [0.2, 0.25) is 5.91 Å². The van der Waals surface area contributed by atoms with Gasteiger partial charge in [0.25, 0.3) is 0 Å². The van der Waals surface area contributed by atoms with Gasteiger partial charge in [-0.05, 0) is 41.7 Å². The van der Waals surface area contributed by atoms with Crippen LogP contribution in [0.5, 0.6) is 0 Å². The third kappa shape index (κ3) is 3.42. The van der Waals surface area contributed by atoms with E-state index in [0.29, 0.717) is 18.4 Å². The van der Waals surface area contributed by atoms with Crippen molar-refractivity contribution in [1.29, 1.82) is 0 Å². The minimum Gasteiger partial charge on any atom is -0.357 e. The zero-order valence-corrected chi connectivity index (χ0v) is 17.3. The van der Waals surface area contributed by atoms with Crippen molar-refractivity contribution >= 4 is 23.1 Å². The highest BCUT2D eigenvalue weighted by molar-refractivity contribution is 6.05. The molecule has 2 atom stereocenters. The first kappa shape index (κ1) is 19.2.